The van der Waals surface area contributed by atoms with E-state index in [1.165, 1.54) is 36.8 Å². The topological polar surface area (TPSA) is 122 Å². The van der Waals surface area contributed by atoms with Crippen molar-refractivity contribution >= 4 is 27.3 Å². The van der Waals surface area contributed by atoms with Gasteiger partial charge in [0.05, 0.1) is 0 Å². The molecule has 4 rings (SSSR count). The maximum atomic E-state index is 13.5. The van der Waals surface area contributed by atoms with Crippen molar-refractivity contribution in [2.24, 2.45) is 11.7 Å². The summed E-state index contributed by atoms with van der Waals surface area (Å²) in [6.45, 7) is 1.77. The van der Waals surface area contributed by atoms with Gasteiger partial charge < -0.3 is 21.3 Å². The monoisotopic (exact) mass is 544 g/mol. The molecular formula is C28H37FN4O4S. The Morgan fingerprint density at radius 2 is 1.82 bits per heavy atom. The zero-order valence-electron chi connectivity index (χ0n) is 21.8. The summed E-state index contributed by atoms with van der Waals surface area (Å²) in [6.07, 6.45) is 7.94. The van der Waals surface area contributed by atoms with Gasteiger partial charge in [0.15, 0.2) is 9.84 Å². The van der Waals surface area contributed by atoms with Crippen molar-refractivity contribution in [2.45, 2.75) is 56.4 Å². The van der Waals surface area contributed by atoms with Gasteiger partial charge in [0.1, 0.15) is 17.2 Å². The molecule has 206 valence electrons. The Morgan fingerprint density at radius 1 is 1.11 bits per heavy atom. The number of anilines is 1. The summed E-state index contributed by atoms with van der Waals surface area (Å²) in [5, 5.41) is 4.73. The van der Waals surface area contributed by atoms with Gasteiger partial charge in [-0.15, -0.1) is 0 Å². The minimum absolute atomic E-state index is 0.224. The van der Waals surface area contributed by atoms with Crippen LogP contribution in [0.3, 0.4) is 0 Å². The summed E-state index contributed by atoms with van der Waals surface area (Å²) in [7, 11) is -3.47. The van der Waals surface area contributed by atoms with Gasteiger partial charge in [-0.05, 0) is 60.2 Å². The third kappa shape index (κ3) is 7.11. The molecule has 0 spiro atoms. The number of hydrogen-bond acceptors (Lipinski definition) is 6. The third-order valence-corrected chi connectivity index (χ3v) is 8.79. The van der Waals surface area contributed by atoms with Crippen LogP contribution in [0.2, 0.25) is 0 Å². The van der Waals surface area contributed by atoms with Gasteiger partial charge in [0.2, 0.25) is 5.91 Å². The van der Waals surface area contributed by atoms with Crippen molar-refractivity contribution in [3.05, 3.63) is 65.0 Å². The fourth-order valence-corrected chi connectivity index (χ4v) is 6.06. The maximum absolute atomic E-state index is 13.5. The zero-order chi connectivity index (χ0) is 27.3. The average molecular weight is 545 g/mol. The lowest BCUT2D eigenvalue weighted by Gasteiger charge is -2.27. The molecule has 2 aromatic rings. The van der Waals surface area contributed by atoms with E-state index in [1.54, 1.807) is 12.1 Å². The first-order valence-electron chi connectivity index (χ1n) is 13.3. The van der Waals surface area contributed by atoms with Gasteiger partial charge in [0, 0.05) is 37.1 Å². The molecule has 0 radical (unpaired) electrons. The largest absolute Gasteiger partial charge is 0.369 e. The summed E-state index contributed by atoms with van der Waals surface area (Å²) in [4.78, 5) is 28.4. The first kappa shape index (κ1) is 28.0. The number of sulfone groups is 1. The Hall–Kier alpha value is -2.98. The van der Waals surface area contributed by atoms with Gasteiger partial charge in [-0.25, -0.2) is 12.8 Å². The first-order valence-corrected chi connectivity index (χ1v) is 15.2. The highest BCUT2D eigenvalue weighted by molar-refractivity contribution is 7.90. The molecule has 2 aliphatic rings. The van der Waals surface area contributed by atoms with E-state index in [0.29, 0.717) is 36.6 Å². The van der Waals surface area contributed by atoms with Gasteiger partial charge in [-0.1, -0.05) is 44.2 Å². The normalized spacial score (nSPS) is 17.5. The third-order valence-electron chi connectivity index (χ3n) is 7.59. The number of hydrogen-bond donors (Lipinski definition) is 3. The van der Waals surface area contributed by atoms with Crippen molar-refractivity contribution in [1.29, 1.82) is 0 Å². The van der Waals surface area contributed by atoms with Crippen LogP contribution < -0.4 is 21.3 Å². The molecule has 1 fully saturated rings. The highest BCUT2D eigenvalue weighted by Crippen LogP contribution is 2.29. The Bertz CT molecular complexity index is 1250. The molecule has 10 heteroatoms. The van der Waals surface area contributed by atoms with Gasteiger partial charge in [-0.2, -0.15) is 0 Å². The number of nitrogens with one attached hydrogen (secondary N) is 2. The molecule has 38 heavy (non-hydrogen) atoms. The van der Waals surface area contributed by atoms with Crippen LogP contribution in [0.4, 0.5) is 10.1 Å². The lowest BCUT2D eigenvalue weighted by atomic mass is 9.84. The van der Waals surface area contributed by atoms with Gasteiger partial charge >= 0.3 is 0 Å². The molecule has 2 aromatic carbocycles. The summed E-state index contributed by atoms with van der Waals surface area (Å²) in [6, 6.07) is 10.2. The van der Waals surface area contributed by atoms with Crippen molar-refractivity contribution in [1.82, 2.24) is 10.6 Å². The summed E-state index contributed by atoms with van der Waals surface area (Å²) in [5.41, 5.74) is 8.48. The highest BCUT2D eigenvalue weighted by atomic mass is 32.2. The molecule has 8 nitrogen and oxygen atoms in total. The number of nitrogens with two attached hydrogens (primary N) is 1. The molecule has 0 bridgehead atoms. The van der Waals surface area contributed by atoms with Crippen LogP contribution in [0, 0.1) is 11.7 Å². The van der Waals surface area contributed by atoms with Crippen molar-refractivity contribution in [2.75, 3.05) is 30.8 Å². The molecule has 1 aliphatic heterocycles. The van der Waals surface area contributed by atoms with Crippen molar-refractivity contribution in [3.63, 3.8) is 0 Å². The Morgan fingerprint density at radius 3 is 2.50 bits per heavy atom. The fourth-order valence-electron chi connectivity index (χ4n) is 5.41. The maximum Gasteiger partial charge on any atom is 0.251 e. The van der Waals surface area contributed by atoms with E-state index in [4.69, 9.17) is 5.73 Å². The quantitative estimate of drug-likeness (QED) is 0.423. The summed E-state index contributed by atoms with van der Waals surface area (Å²) < 4.78 is 37.0. The summed E-state index contributed by atoms with van der Waals surface area (Å²) in [5.74, 6) is -0.488. The number of halogens is 1. The van der Waals surface area contributed by atoms with E-state index in [9.17, 15) is 22.4 Å². The minimum Gasteiger partial charge on any atom is -0.369 e. The summed E-state index contributed by atoms with van der Waals surface area (Å²) >= 11 is 0. The second-order valence-electron chi connectivity index (χ2n) is 10.4. The average Bonchev–Trinajstić information content (AvgIpc) is 3.29. The molecule has 1 aliphatic carbocycles. The zero-order valence-corrected chi connectivity index (χ0v) is 22.6. The lowest BCUT2D eigenvalue weighted by Crippen LogP contribution is -2.49. The van der Waals surface area contributed by atoms with Crippen LogP contribution in [0.1, 0.15) is 65.4 Å². The predicted octanol–water partition coefficient (Wildman–Crippen LogP) is 3.08. The van der Waals surface area contributed by atoms with Gasteiger partial charge in [0.25, 0.3) is 5.91 Å². The number of carbonyl (C=O) groups is 2. The van der Waals surface area contributed by atoms with E-state index in [1.807, 2.05) is 0 Å². The van der Waals surface area contributed by atoms with E-state index >= 15 is 0 Å². The number of benzene rings is 2. The number of fused-ring (bicyclic) bond motifs is 1. The molecule has 1 saturated carbocycles. The number of rotatable bonds is 10. The second-order valence-corrected chi connectivity index (χ2v) is 12.6. The molecule has 0 saturated heterocycles. The minimum atomic E-state index is -3.47. The SMILES string of the molecule is CS(=O)(=O)C(N)c1ccc(C(=O)N[C@@H](CC2CCCCC2)C(=O)NCCN2CCc3cc(F)ccc32)cc1. The number of carbonyl (C=O) groups excluding carboxylic acids is 2. The Balaban J connectivity index is 1.38. The Labute approximate surface area is 224 Å². The standard InChI is InChI=1S/C28H37FN4O4S/c1-38(36,37)26(30)20-7-9-21(10-8-20)27(34)32-24(17-19-5-3-2-4-6-19)28(35)31-14-16-33-15-13-22-18-23(29)11-12-25(22)33/h7-12,18-19,24,26H,2-6,13-17,30H2,1H3,(H,31,35)(H,32,34)/t24-,26?/m0/s1. The van der Waals surface area contributed by atoms with Crippen LogP contribution >= 0.6 is 0 Å². The van der Waals surface area contributed by atoms with Crippen LogP contribution in [0.5, 0.6) is 0 Å². The number of nitrogens with zero attached hydrogens (tertiary/aromatic N) is 1. The first-order chi connectivity index (χ1) is 18.1. The van der Waals surface area contributed by atoms with Crippen LogP contribution in [-0.2, 0) is 21.1 Å². The molecule has 0 aromatic heterocycles. The van der Waals surface area contributed by atoms with E-state index in [0.717, 1.165) is 56.2 Å². The van der Waals surface area contributed by atoms with E-state index in [-0.39, 0.29) is 11.7 Å². The predicted molar refractivity (Wildman–Crippen MR) is 146 cm³/mol. The van der Waals surface area contributed by atoms with Crippen molar-refractivity contribution < 1.29 is 22.4 Å². The molecule has 1 heterocycles. The molecule has 2 amide bonds. The lowest BCUT2D eigenvalue weighted by molar-refractivity contribution is -0.123. The number of amides is 2. The fraction of sp³-hybridized carbons (Fsp3) is 0.500. The van der Waals surface area contributed by atoms with Gasteiger partial charge in [-0.3, -0.25) is 9.59 Å². The Kier molecular flexibility index (Phi) is 9.04. The molecule has 4 N–H and O–H groups in total. The smallest absolute Gasteiger partial charge is 0.251 e. The van der Waals surface area contributed by atoms with Crippen LogP contribution in [0.15, 0.2) is 42.5 Å². The van der Waals surface area contributed by atoms with Crippen LogP contribution in [-0.4, -0.2) is 52.2 Å². The second kappa shape index (κ2) is 12.3. The molecule has 1 unspecified atom stereocenters. The van der Waals surface area contributed by atoms with Crippen molar-refractivity contribution in [3.8, 4) is 0 Å². The molecule has 2 atom stereocenters. The molecular weight excluding hydrogens is 507 g/mol. The highest BCUT2D eigenvalue weighted by Gasteiger charge is 2.27. The van der Waals surface area contributed by atoms with E-state index < -0.39 is 27.2 Å². The van der Waals surface area contributed by atoms with Crippen LogP contribution in [0.25, 0.3) is 0 Å². The van der Waals surface area contributed by atoms with E-state index in [2.05, 4.69) is 15.5 Å².